The average molecular weight is 451 g/mol. The summed E-state index contributed by atoms with van der Waals surface area (Å²) in [6.45, 7) is -0.584. The minimum atomic E-state index is -1.21. The Balaban J connectivity index is 1.45. The van der Waals surface area contributed by atoms with E-state index in [9.17, 15) is 37.1 Å². The van der Waals surface area contributed by atoms with E-state index in [2.05, 4.69) is 5.32 Å². The van der Waals surface area contributed by atoms with E-state index in [-0.39, 0.29) is 30.6 Å². The van der Waals surface area contributed by atoms with E-state index >= 15 is 0 Å². The molecule has 1 saturated heterocycles. The van der Waals surface area contributed by atoms with E-state index in [1.54, 1.807) is 0 Å². The average Bonchev–Trinajstić information content (AvgIpc) is 3.26. The summed E-state index contributed by atoms with van der Waals surface area (Å²) in [6.07, 6.45) is 0.749. The number of piperidine rings is 1. The second-order valence-electron chi connectivity index (χ2n) is 8.34. The number of aromatic nitrogens is 1. The maximum atomic E-state index is 14.2. The summed E-state index contributed by atoms with van der Waals surface area (Å²) in [5, 5.41) is 12.6. The topological polar surface area (TPSA) is 91.6 Å². The molecule has 32 heavy (non-hydrogen) atoms. The van der Waals surface area contributed by atoms with Crippen LogP contribution in [-0.4, -0.2) is 44.6 Å². The van der Waals surface area contributed by atoms with Gasteiger partial charge in [-0.15, -0.1) is 0 Å². The largest absolute Gasteiger partial charge is 0.503 e. The summed E-state index contributed by atoms with van der Waals surface area (Å²) < 4.78 is 56.1. The van der Waals surface area contributed by atoms with Crippen LogP contribution in [0.3, 0.4) is 0 Å². The van der Waals surface area contributed by atoms with Crippen molar-refractivity contribution >= 4 is 11.8 Å². The number of nitrogens with zero attached hydrogens (tertiary/aromatic N) is 2. The molecule has 1 saturated carbocycles. The van der Waals surface area contributed by atoms with Crippen molar-refractivity contribution in [2.75, 3.05) is 0 Å². The number of aromatic hydroxyl groups is 1. The number of fused-ring (bicyclic) bond motifs is 6. The van der Waals surface area contributed by atoms with E-state index < -0.39 is 70.3 Å². The molecule has 3 aliphatic rings. The third-order valence-electron chi connectivity index (χ3n) is 6.60. The molecule has 2 bridgehead atoms. The molecule has 7 nitrogen and oxygen atoms in total. The lowest BCUT2D eigenvalue weighted by Crippen LogP contribution is -2.54. The normalized spacial score (nSPS) is 25.6. The molecule has 2 amide bonds. The second kappa shape index (κ2) is 7.07. The zero-order chi connectivity index (χ0) is 22.9. The fraction of sp³-hybridized carbons (Fsp3) is 0.381. The number of amides is 2. The van der Waals surface area contributed by atoms with Crippen LogP contribution in [0.15, 0.2) is 23.1 Å². The van der Waals surface area contributed by atoms with E-state index in [1.165, 1.54) is 9.47 Å². The molecule has 5 rings (SSSR count). The molecule has 2 aromatic rings. The molecule has 0 radical (unpaired) electrons. The Morgan fingerprint density at radius 3 is 2.53 bits per heavy atom. The fourth-order valence-corrected chi connectivity index (χ4v) is 5.14. The summed E-state index contributed by atoms with van der Waals surface area (Å²) in [7, 11) is 0. The fourth-order valence-electron chi connectivity index (χ4n) is 5.14. The van der Waals surface area contributed by atoms with Gasteiger partial charge in [0, 0.05) is 48.9 Å². The SMILES string of the molecule is O=C(NCc1c(F)cc(F)cc1F)c1cn2c(c(O)c1=O)C(=O)N1[C@@H]3C[C@@H]([C@H](F)C3)[C@@H]1C2. The van der Waals surface area contributed by atoms with E-state index in [4.69, 9.17) is 0 Å². The van der Waals surface area contributed by atoms with Gasteiger partial charge in [0.25, 0.3) is 11.8 Å². The van der Waals surface area contributed by atoms with Crippen molar-refractivity contribution in [3.05, 3.63) is 62.8 Å². The van der Waals surface area contributed by atoms with Gasteiger partial charge in [0.15, 0.2) is 11.4 Å². The molecule has 3 heterocycles. The summed E-state index contributed by atoms with van der Waals surface area (Å²) in [5.74, 6) is -6.47. The lowest BCUT2D eigenvalue weighted by molar-refractivity contribution is 0.0350. The molecule has 0 spiro atoms. The third-order valence-corrected chi connectivity index (χ3v) is 6.60. The van der Waals surface area contributed by atoms with Crippen LogP contribution in [0.5, 0.6) is 5.75 Å². The highest BCUT2D eigenvalue weighted by molar-refractivity contribution is 5.99. The van der Waals surface area contributed by atoms with Crippen LogP contribution < -0.4 is 10.7 Å². The molecule has 168 valence electrons. The minimum Gasteiger partial charge on any atom is -0.503 e. The molecule has 2 fully saturated rings. The van der Waals surface area contributed by atoms with Crippen LogP contribution in [0.25, 0.3) is 0 Å². The van der Waals surface area contributed by atoms with E-state index in [0.717, 1.165) is 6.20 Å². The maximum Gasteiger partial charge on any atom is 0.275 e. The lowest BCUT2D eigenvalue weighted by Gasteiger charge is -2.41. The molecule has 2 N–H and O–H groups in total. The first-order chi connectivity index (χ1) is 15.2. The molecule has 1 aromatic carbocycles. The van der Waals surface area contributed by atoms with Crippen molar-refractivity contribution < 1.29 is 32.3 Å². The van der Waals surface area contributed by atoms with Gasteiger partial charge in [-0.3, -0.25) is 14.4 Å². The molecule has 4 atom stereocenters. The van der Waals surface area contributed by atoms with Gasteiger partial charge in [-0.2, -0.15) is 0 Å². The predicted molar refractivity (Wildman–Crippen MR) is 101 cm³/mol. The number of halogens is 4. The van der Waals surface area contributed by atoms with E-state index in [1.807, 2.05) is 0 Å². The van der Waals surface area contributed by atoms with Crippen LogP contribution in [0, 0.1) is 23.4 Å². The van der Waals surface area contributed by atoms with Gasteiger partial charge in [0.2, 0.25) is 5.43 Å². The number of nitrogens with one attached hydrogen (secondary N) is 1. The number of benzene rings is 1. The van der Waals surface area contributed by atoms with Crippen molar-refractivity contribution in [2.24, 2.45) is 5.92 Å². The third kappa shape index (κ3) is 2.90. The van der Waals surface area contributed by atoms with Crippen molar-refractivity contribution in [1.29, 1.82) is 0 Å². The zero-order valence-electron chi connectivity index (χ0n) is 16.4. The van der Waals surface area contributed by atoms with Gasteiger partial charge in [0.05, 0.1) is 6.04 Å². The van der Waals surface area contributed by atoms with Gasteiger partial charge in [-0.25, -0.2) is 17.6 Å². The minimum absolute atomic E-state index is 0.0952. The Hall–Kier alpha value is -3.37. The smallest absolute Gasteiger partial charge is 0.275 e. The summed E-state index contributed by atoms with van der Waals surface area (Å²) in [5.41, 5.74) is -2.55. The Morgan fingerprint density at radius 2 is 1.84 bits per heavy atom. The Bertz CT molecular complexity index is 1210. The number of rotatable bonds is 3. The monoisotopic (exact) mass is 451 g/mol. The number of alkyl halides is 1. The maximum absolute atomic E-state index is 14.2. The second-order valence-corrected chi connectivity index (χ2v) is 8.34. The summed E-state index contributed by atoms with van der Waals surface area (Å²) in [4.78, 5) is 39.6. The summed E-state index contributed by atoms with van der Waals surface area (Å²) in [6, 6.07) is 0.160. The number of carbonyl (C=O) groups is 2. The Morgan fingerprint density at radius 1 is 1.16 bits per heavy atom. The van der Waals surface area contributed by atoms with Gasteiger partial charge in [-0.1, -0.05) is 0 Å². The van der Waals surface area contributed by atoms with Crippen molar-refractivity contribution in [1.82, 2.24) is 14.8 Å². The first-order valence-corrected chi connectivity index (χ1v) is 10.0. The molecular formula is C21H17F4N3O4. The number of hydrogen-bond acceptors (Lipinski definition) is 4. The number of carbonyl (C=O) groups excluding carboxylic acids is 2. The first-order valence-electron chi connectivity index (χ1n) is 10.0. The van der Waals surface area contributed by atoms with Gasteiger partial charge >= 0.3 is 0 Å². The summed E-state index contributed by atoms with van der Waals surface area (Å²) >= 11 is 0. The number of hydrogen-bond donors (Lipinski definition) is 2. The highest BCUT2D eigenvalue weighted by atomic mass is 19.1. The lowest BCUT2D eigenvalue weighted by atomic mass is 9.94. The Kier molecular flexibility index (Phi) is 4.54. The molecule has 2 aliphatic heterocycles. The standard InChI is InChI=1S/C21H17F4N3O4/c22-8-1-13(23)11(14(24)2-8)5-26-20(31)12-6-27-7-16-10-3-9(4-15(10)25)28(16)21(32)17(27)19(30)18(12)29/h1-2,6,9-10,15-16,30H,3-5,7H2,(H,26,31)/t9-,10+,15-,16+/m1/s1. The zero-order valence-corrected chi connectivity index (χ0v) is 16.4. The van der Waals surface area contributed by atoms with Crippen molar-refractivity contribution in [3.63, 3.8) is 0 Å². The van der Waals surface area contributed by atoms with Crippen LogP contribution in [-0.2, 0) is 13.1 Å². The first kappa shape index (κ1) is 20.5. The highest BCUT2D eigenvalue weighted by Gasteiger charge is 2.56. The van der Waals surface area contributed by atoms with Gasteiger partial charge in [-0.05, 0) is 12.8 Å². The molecule has 1 aliphatic carbocycles. The molecule has 1 aromatic heterocycles. The molecule has 0 unspecified atom stereocenters. The van der Waals surface area contributed by atoms with Crippen LogP contribution in [0.1, 0.15) is 39.3 Å². The van der Waals surface area contributed by atoms with Crippen molar-refractivity contribution in [2.45, 2.75) is 44.2 Å². The van der Waals surface area contributed by atoms with Crippen LogP contribution >= 0.6 is 0 Å². The predicted octanol–water partition coefficient (Wildman–Crippen LogP) is 1.86. The Labute approximate surface area is 178 Å². The van der Waals surface area contributed by atoms with Gasteiger partial charge in [0.1, 0.15) is 29.2 Å². The van der Waals surface area contributed by atoms with E-state index in [0.29, 0.717) is 18.6 Å². The van der Waals surface area contributed by atoms with Crippen LogP contribution in [0.2, 0.25) is 0 Å². The molecule has 11 heteroatoms. The van der Waals surface area contributed by atoms with Gasteiger partial charge < -0.3 is 19.9 Å². The molecular weight excluding hydrogens is 434 g/mol. The number of pyridine rings is 1. The van der Waals surface area contributed by atoms with Crippen molar-refractivity contribution in [3.8, 4) is 5.75 Å². The van der Waals surface area contributed by atoms with Crippen LogP contribution in [0.4, 0.5) is 17.6 Å². The highest BCUT2D eigenvalue weighted by Crippen LogP contribution is 2.47. The quantitative estimate of drug-likeness (QED) is 0.697.